The normalized spacial score (nSPS) is 22.3. The van der Waals surface area contributed by atoms with Crippen LogP contribution in [0.2, 0.25) is 0 Å². The number of nitrogens with zero attached hydrogens (tertiary/aromatic N) is 3. The minimum Gasteiger partial charge on any atom is -0.300 e. The summed E-state index contributed by atoms with van der Waals surface area (Å²) in [5, 5.41) is 0. The molecule has 0 bridgehead atoms. The van der Waals surface area contributed by atoms with Crippen LogP contribution in [0.3, 0.4) is 0 Å². The molecule has 0 aromatic carbocycles. The van der Waals surface area contributed by atoms with E-state index in [0.29, 0.717) is 6.04 Å². The summed E-state index contributed by atoms with van der Waals surface area (Å²) in [5.41, 5.74) is 4.16. The number of hydrogen-bond acceptors (Lipinski definition) is 3. The summed E-state index contributed by atoms with van der Waals surface area (Å²) >= 11 is 0. The molecule has 18 heavy (non-hydrogen) atoms. The first-order valence-corrected chi connectivity index (χ1v) is 7.36. The summed E-state index contributed by atoms with van der Waals surface area (Å²) in [6.07, 6.45) is 7.92. The molecule has 1 fully saturated rings. The Morgan fingerprint density at radius 3 is 2.78 bits per heavy atom. The highest BCUT2D eigenvalue weighted by atomic mass is 15.1. The minimum atomic E-state index is 0.691. The Morgan fingerprint density at radius 2 is 2.06 bits per heavy atom. The molecule has 0 amide bonds. The standard InChI is InChI=1S/C15H23N3/c1-3-11(2)18-8-6-13-14(7-9-18)16-10-17-15(13)12-4-5-12/h10-12H,3-9H2,1-2H3. The summed E-state index contributed by atoms with van der Waals surface area (Å²) in [5.74, 6) is 0.747. The van der Waals surface area contributed by atoms with E-state index in [1.54, 1.807) is 6.33 Å². The Labute approximate surface area is 110 Å². The molecule has 0 N–H and O–H groups in total. The molecule has 1 unspecified atom stereocenters. The van der Waals surface area contributed by atoms with Gasteiger partial charge in [-0.05, 0) is 38.2 Å². The van der Waals surface area contributed by atoms with Gasteiger partial charge in [-0.3, -0.25) is 4.90 Å². The molecule has 1 aromatic rings. The van der Waals surface area contributed by atoms with E-state index in [9.17, 15) is 0 Å². The first-order valence-electron chi connectivity index (χ1n) is 7.36. The van der Waals surface area contributed by atoms with Crippen LogP contribution < -0.4 is 0 Å². The molecule has 0 saturated heterocycles. The molecule has 3 rings (SSSR count). The van der Waals surface area contributed by atoms with Crippen LogP contribution in [0.4, 0.5) is 0 Å². The zero-order valence-corrected chi connectivity index (χ0v) is 11.5. The second kappa shape index (κ2) is 4.96. The molecule has 0 spiro atoms. The number of hydrogen-bond donors (Lipinski definition) is 0. The lowest BCUT2D eigenvalue weighted by molar-refractivity contribution is 0.213. The van der Waals surface area contributed by atoms with Crippen molar-refractivity contribution >= 4 is 0 Å². The molecule has 2 aliphatic rings. The summed E-state index contributed by atoms with van der Waals surface area (Å²) in [4.78, 5) is 11.7. The van der Waals surface area contributed by atoms with E-state index in [1.807, 2.05) is 0 Å². The summed E-state index contributed by atoms with van der Waals surface area (Å²) < 4.78 is 0. The van der Waals surface area contributed by atoms with Gasteiger partial charge in [-0.15, -0.1) is 0 Å². The quantitative estimate of drug-likeness (QED) is 0.819. The Morgan fingerprint density at radius 1 is 1.28 bits per heavy atom. The van der Waals surface area contributed by atoms with E-state index >= 15 is 0 Å². The van der Waals surface area contributed by atoms with Crippen molar-refractivity contribution in [1.29, 1.82) is 0 Å². The van der Waals surface area contributed by atoms with E-state index in [-0.39, 0.29) is 0 Å². The predicted molar refractivity (Wildman–Crippen MR) is 72.7 cm³/mol. The molecule has 0 radical (unpaired) electrons. The fourth-order valence-corrected chi connectivity index (χ4v) is 2.98. The van der Waals surface area contributed by atoms with Gasteiger partial charge in [0.05, 0.1) is 5.69 Å². The minimum absolute atomic E-state index is 0.691. The van der Waals surface area contributed by atoms with E-state index in [0.717, 1.165) is 25.3 Å². The van der Waals surface area contributed by atoms with Gasteiger partial charge >= 0.3 is 0 Å². The molecule has 3 nitrogen and oxygen atoms in total. The van der Waals surface area contributed by atoms with E-state index in [4.69, 9.17) is 0 Å². The highest BCUT2D eigenvalue weighted by Crippen LogP contribution is 2.41. The van der Waals surface area contributed by atoms with Crippen molar-refractivity contribution < 1.29 is 0 Å². The van der Waals surface area contributed by atoms with Crippen molar-refractivity contribution in [3.05, 3.63) is 23.3 Å². The van der Waals surface area contributed by atoms with Crippen molar-refractivity contribution in [2.75, 3.05) is 13.1 Å². The van der Waals surface area contributed by atoms with Crippen molar-refractivity contribution in [3.63, 3.8) is 0 Å². The maximum absolute atomic E-state index is 4.56. The second-order valence-corrected chi connectivity index (χ2v) is 5.75. The smallest absolute Gasteiger partial charge is 0.115 e. The van der Waals surface area contributed by atoms with E-state index in [1.165, 1.54) is 42.8 Å². The van der Waals surface area contributed by atoms with Crippen LogP contribution in [0, 0.1) is 0 Å². The third kappa shape index (κ3) is 2.28. The summed E-state index contributed by atoms with van der Waals surface area (Å²) in [7, 11) is 0. The molecule has 1 atom stereocenters. The number of aromatic nitrogens is 2. The zero-order chi connectivity index (χ0) is 12.5. The van der Waals surface area contributed by atoms with Crippen LogP contribution in [0.5, 0.6) is 0 Å². The van der Waals surface area contributed by atoms with Gasteiger partial charge in [-0.1, -0.05) is 6.92 Å². The second-order valence-electron chi connectivity index (χ2n) is 5.75. The molecule has 1 aliphatic carbocycles. The fraction of sp³-hybridized carbons (Fsp3) is 0.733. The van der Waals surface area contributed by atoms with Crippen molar-refractivity contribution in [2.24, 2.45) is 0 Å². The van der Waals surface area contributed by atoms with E-state index in [2.05, 4.69) is 28.7 Å². The van der Waals surface area contributed by atoms with Gasteiger partial charge in [0.2, 0.25) is 0 Å². The van der Waals surface area contributed by atoms with Crippen molar-refractivity contribution in [1.82, 2.24) is 14.9 Å². The molecule has 2 heterocycles. The lowest BCUT2D eigenvalue weighted by atomic mass is 10.0. The average molecular weight is 245 g/mol. The number of rotatable bonds is 3. The highest BCUT2D eigenvalue weighted by Gasteiger charge is 2.30. The van der Waals surface area contributed by atoms with Gasteiger partial charge in [0.1, 0.15) is 6.33 Å². The van der Waals surface area contributed by atoms with Crippen LogP contribution >= 0.6 is 0 Å². The third-order valence-electron chi connectivity index (χ3n) is 4.53. The van der Waals surface area contributed by atoms with Crippen LogP contribution in [0.25, 0.3) is 0 Å². The van der Waals surface area contributed by atoms with Gasteiger partial charge in [0.25, 0.3) is 0 Å². The summed E-state index contributed by atoms with van der Waals surface area (Å²) in [6, 6.07) is 0.691. The first kappa shape index (κ1) is 12.1. The van der Waals surface area contributed by atoms with Crippen LogP contribution in [0.15, 0.2) is 6.33 Å². The predicted octanol–water partition coefficient (Wildman–Crippen LogP) is 2.55. The van der Waals surface area contributed by atoms with Crippen LogP contribution in [-0.4, -0.2) is 34.0 Å². The molecular weight excluding hydrogens is 222 g/mol. The first-order chi connectivity index (χ1) is 8.79. The molecule has 1 aromatic heterocycles. The maximum atomic E-state index is 4.56. The molecule has 3 heteroatoms. The van der Waals surface area contributed by atoms with Gasteiger partial charge in [0, 0.05) is 37.2 Å². The Hall–Kier alpha value is -0.960. The third-order valence-corrected chi connectivity index (χ3v) is 4.53. The monoisotopic (exact) mass is 245 g/mol. The molecule has 1 aliphatic heterocycles. The van der Waals surface area contributed by atoms with Crippen LogP contribution in [-0.2, 0) is 12.8 Å². The zero-order valence-electron chi connectivity index (χ0n) is 11.5. The lowest BCUT2D eigenvalue weighted by Crippen LogP contribution is -2.34. The highest BCUT2D eigenvalue weighted by molar-refractivity contribution is 5.31. The molecule has 98 valence electrons. The molecule has 1 saturated carbocycles. The van der Waals surface area contributed by atoms with Gasteiger partial charge in [-0.2, -0.15) is 0 Å². The van der Waals surface area contributed by atoms with Gasteiger partial charge in [-0.25, -0.2) is 9.97 Å². The Balaban J connectivity index is 1.82. The SMILES string of the molecule is CCC(C)N1CCc2ncnc(C3CC3)c2CC1. The Kier molecular flexibility index (Phi) is 3.33. The largest absolute Gasteiger partial charge is 0.300 e. The van der Waals surface area contributed by atoms with E-state index < -0.39 is 0 Å². The van der Waals surface area contributed by atoms with Crippen molar-refractivity contribution in [3.8, 4) is 0 Å². The maximum Gasteiger partial charge on any atom is 0.115 e. The summed E-state index contributed by atoms with van der Waals surface area (Å²) in [6.45, 7) is 6.94. The molecular formula is C15H23N3. The van der Waals surface area contributed by atoms with Gasteiger partial charge < -0.3 is 0 Å². The lowest BCUT2D eigenvalue weighted by Gasteiger charge is -2.26. The van der Waals surface area contributed by atoms with Crippen molar-refractivity contribution in [2.45, 2.75) is 57.9 Å². The Bertz CT molecular complexity index is 426. The van der Waals surface area contributed by atoms with Gasteiger partial charge in [0.15, 0.2) is 0 Å². The van der Waals surface area contributed by atoms with Crippen LogP contribution in [0.1, 0.15) is 56.0 Å². The number of fused-ring (bicyclic) bond motifs is 1. The average Bonchev–Trinajstić information content (AvgIpc) is 3.23. The fourth-order valence-electron chi connectivity index (χ4n) is 2.98. The topological polar surface area (TPSA) is 29.0 Å².